The van der Waals surface area contributed by atoms with Crippen molar-refractivity contribution < 1.29 is 9.18 Å². The molecule has 110 valence electrons. The van der Waals surface area contributed by atoms with E-state index < -0.39 is 0 Å². The third kappa shape index (κ3) is 4.65. The van der Waals surface area contributed by atoms with E-state index in [1.165, 1.54) is 30.0 Å². The number of hydrogen-bond donors (Lipinski definition) is 2. The lowest BCUT2D eigenvalue weighted by atomic mass is 10.2. The van der Waals surface area contributed by atoms with Crippen molar-refractivity contribution in [3.63, 3.8) is 0 Å². The lowest BCUT2D eigenvalue weighted by molar-refractivity contribution is -0.115. The molecule has 0 fully saturated rings. The molecule has 3 nitrogen and oxygen atoms in total. The van der Waals surface area contributed by atoms with Gasteiger partial charge in [-0.3, -0.25) is 4.79 Å². The van der Waals surface area contributed by atoms with E-state index in [-0.39, 0.29) is 17.5 Å². The fraction of sp³-hybridized carbons (Fsp3) is 0.133. The van der Waals surface area contributed by atoms with Crippen molar-refractivity contribution in [1.82, 2.24) is 0 Å². The van der Waals surface area contributed by atoms with Crippen LogP contribution in [0.2, 0.25) is 5.02 Å². The molecule has 0 heterocycles. The van der Waals surface area contributed by atoms with Crippen molar-refractivity contribution in [1.29, 1.82) is 0 Å². The number of nitrogens with one attached hydrogen (secondary N) is 1. The smallest absolute Gasteiger partial charge is 0.227 e. The fourth-order valence-electron chi connectivity index (χ4n) is 1.76. The SMILES string of the molecule is NC(=O)CSc1ccccc1NCc1cc(F)ccc1Cl. The van der Waals surface area contributed by atoms with Gasteiger partial charge in [-0.25, -0.2) is 4.39 Å². The van der Waals surface area contributed by atoms with Crippen molar-refractivity contribution in [3.8, 4) is 0 Å². The highest BCUT2D eigenvalue weighted by Crippen LogP contribution is 2.28. The molecule has 0 aromatic heterocycles. The van der Waals surface area contributed by atoms with Crippen molar-refractivity contribution in [3.05, 3.63) is 58.9 Å². The molecule has 0 aliphatic rings. The summed E-state index contributed by atoms with van der Waals surface area (Å²) in [6.45, 7) is 0.394. The Kier molecular flexibility index (Phi) is 5.47. The second kappa shape index (κ2) is 7.33. The lowest BCUT2D eigenvalue weighted by Crippen LogP contribution is -2.13. The predicted molar refractivity (Wildman–Crippen MR) is 85.1 cm³/mol. The van der Waals surface area contributed by atoms with Crippen LogP contribution < -0.4 is 11.1 Å². The molecule has 2 aromatic rings. The quantitative estimate of drug-likeness (QED) is 0.797. The maximum Gasteiger partial charge on any atom is 0.227 e. The average molecular weight is 325 g/mol. The minimum absolute atomic E-state index is 0.208. The van der Waals surface area contributed by atoms with Gasteiger partial charge in [0, 0.05) is 22.2 Å². The Labute approximate surface area is 131 Å². The van der Waals surface area contributed by atoms with E-state index >= 15 is 0 Å². The van der Waals surface area contributed by atoms with Crippen LogP contribution in [0, 0.1) is 5.82 Å². The first-order valence-electron chi connectivity index (χ1n) is 6.24. The summed E-state index contributed by atoms with van der Waals surface area (Å²) in [6, 6.07) is 11.8. The third-order valence-electron chi connectivity index (χ3n) is 2.73. The zero-order chi connectivity index (χ0) is 15.2. The van der Waals surface area contributed by atoms with Gasteiger partial charge in [-0.1, -0.05) is 23.7 Å². The standard InChI is InChI=1S/C15H14ClFN2OS/c16-12-6-5-11(17)7-10(12)8-19-13-3-1-2-4-14(13)21-9-15(18)20/h1-7,19H,8-9H2,(H2,18,20). The first-order chi connectivity index (χ1) is 10.1. The van der Waals surface area contributed by atoms with Gasteiger partial charge in [0.05, 0.1) is 5.75 Å². The summed E-state index contributed by atoms with van der Waals surface area (Å²) in [5.41, 5.74) is 6.68. The van der Waals surface area contributed by atoms with Crippen LogP contribution in [0.1, 0.15) is 5.56 Å². The summed E-state index contributed by atoms with van der Waals surface area (Å²) >= 11 is 7.39. The Morgan fingerprint density at radius 3 is 2.81 bits per heavy atom. The summed E-state index contributed by atoms with van der Waals surface area (Å²) in [4.78, 5) is 11.8. The first kappa shape index (κ1) is 15.7. The fourth-order valence-corrected chi connectivity index (χ4v) is 2.71. The van der Waals surface area contributed by atoms with Crippen LogP contribution >= 0.6 is 23.4 Å². The van der Waals surface area contributed by atoms with Crippen LogP contribution in [0.15, 0.2) is 47.4 Å². The number of anilines is 1. The molecule has 6 heteroatoms. The number of primary amides is 1. The highest BCUT2D eigenvalue weighted by atomic mass is 35.5. The van der Waals surface area contributed by atoms with Gasteiger partial charge in [-0.15, -0.1) is 11.8 Å². The molecule has 21 heavy (non-hydrogen) atoms. The summed E-state index contributed by atoms with van der Waals surface area (Å²) in [6.07, 6.45) is 0. The molecular formula is C15H14ClFN2OS. The molecular weight excluding hydrogens is 311 g/mol. The number of amides is 1. The van der Waals surface area contributed by atoms with E-state index in [1.807, 2.05) is 24.3 Å². The predicted octanol–water partition coefficient (Wildman–Crippen LogP) is 3.67. The second-order valence-electron chi connectivity index (χ2n) is 4.34. The molecule has 1 amide bonds. The highest BCUT2D eigenvalue weighted by Gasteiger charge is 2.06. The van der Waals surface area contributed by atoms with Crippen molar-refractivity contribution >= 4 is 35.0 Å². The van der Waals surface area contributed by atoms with Gasteiger partial charge in [0.15, 0.2) is 0 Å². The summed E-state index contributed by atoms with van der Waals surface area (Å²) in [7, 11) is 0. The molecule has 0 radical (unpaired) electrons. The Balaban J connectivity index is 2.09. The number of hydrogen-bond acceptors (Lipinski definition) is 3. The number of rotatable bonds is 6. The lowest BCUT2D eigenvalue weighted by Gasteiger charge is -2.12. The van der Waals surface area contributed by atoms with E-state index in [9.17, 15) is 9.18 Å². The van der Waals surface area contributed by atoms with Crippen LogP contribution in [-0.2, 0) is 11.3 Å². The molecule has 3 N–H and O–H groups in total. The van der Waals surface area contributed by atoms with Gasteiger partial charge in [-0.2, -0.15) is 0 Å². The van der Waals surface area contributed by atoms with Crippen molar-refractivity contribution in [2.45, 2.75) is 11.4 Å². The molecule has 2 aromatic carbocycles. The van der Waals surface area contributed by atoms with Crippen LogP contribution in [0.25, 0.3) is 0 Å². The minimum Gasteiger partial charge on any atom is -0.380 e. The minimum atomic E-state index is -0.372. The van der Waals surface area contributed by atoms with Crippen LogP contribution in [-0.4, -0.2) is 11.7 Å². The molecule has 0 saturated carbocycles. The van der Waals surface area contributed by atoms with E-state index in [1.54, 1.807) is 0 Å². The third-order valence-corrected chi connectivity index (χ3v) is 4.20. The largest absolute Gasteiger partial charge is 0.380 e. The molecule has 0 aliphatic heterocycles. The van der Waals surface area contributed by atoms with E-state index in [0.717, 1.165) is 10.6 Å². The zero-order valence-corrected chi connectivity index (χ0v) is 12.7. The van der Waals surface area contributed by atoms with Gasteiger partial charge >= 0.3 is 0 Å². The van der Waals surface area contributed by atoms with Gasteiger partial charge in [0.1, 0.15) is 5.82 Å². The molecule has 2 rings (SSSR count). The van der Waals surface area contributed by atoms with Crippen molar-refractivity contribution in [2.24, 2.45) is 5.73 Å². The van der Waals surface area contributed by atoms with Gasteiger partial charge < -0.3 is 11.1 Å². The Morgan fingerprint density at radius 1 is 1.29 bits per heavy atom. The average Bonchev–Trinajstić information content (AvgIpc) is 2.47. The molecule has 0 bridgehead atoms. The maximum atomic E-state index is 13.2. The molecule has 0 atom stereocenters. The Morgan fingerprint density at radius 2 is 2.05 bits per heavy atom. The number of thioether (sulfide) groups is 1. The monoisotopic (exact) mass is 324 g/mol. The van der Waals surface area contributed by atoms with Gasteiger partial charge in [0.25, 0.3) is 0 Å². The second-order valence-corrected chi connectivity index (χ2v) is 5.76. The van der Waals surface area contributed by atoms with Crippen LogP contribution in [0.3, 0.4) is 0 Å². The maximum absolute atomic E-state index is 13.2. The molecule has 0 spiro atoms. The van der Waals surface area contributed by atoms with Crippen molar-refractivity contribution in [2.75, 3.05) is 11.1 Å². The number of nitrogens with two attached hydrogens (primary N) is 1. The highest BCUT2D eigenvalue weighted by molar-refractivity contribution is 8.00. The summed E-state index contributed by atoms with van der Waals surface area (Å²) in [5, 5.41) is 3.70. The van der Waals surface area contributed by atoms with Gasteiger partial charge in [0.2, 0.25) is 5.91 Å². The zero-order valence-electron chi connectivity index (χ0n) is 11.1. The Hall–Kier alpha value is -1.72. The van der Waals surface area contributed by atoms with E-state index in [2.05, 4.69) is 5.32 Å². The van der Waals surface area contributed by atoms with E-state index in [0.29, 0.717) is 17.1 Å². The molecule has 0 aliphatic carbocycles. The van der Waals surface area contributed by atoms with Crippen LogP contribution in [0.4, 0.5) is 10.1 Å². The normalized spacial score (nSPS) is 10.4. The number of halogens is 2. The number of carbonyl (C=O) groups excluding carboxylic acids is 1. The Bertz CT molecular complexity index is 651. The molecule has 0 saturated heterocycles. The number of para-hydroxylation sites is 1. The van der Waals surface area contributed by atoms with E-state index in [4.69, 9.17) is 17.3 Å². The number of benzene rings is 2. The number of carbonyl (C=O) groups is 1. The summed E-state index contributed by atoms with van der Waals surface area (Å²) in [5.74, 6) is -0.491. The summed E-state index contributed by atoms with van der Waals surface area (Å²) < 4.78 is 13.2. The topological polar surface area (TPSA) is 55.1 Å². The van der Waals surface area contributed by atoms with Crippen LogP contribution in [0.5, 0.6) is 0 Å². The van der Waals surface area contributed by atoms with Gasteiger partial charge in [-0.05, 0) is 35.9 Å². The first-order valence-corrected chi connectivity index (χ1v) is 7.60. The molecule has 0 unspecified atom stereocenters.